The Hall–Kier alpha value is -3.41. The number of benzene rings is 3. The number of alkyl halides is 2. The van der Waals surface area contributed by atoms with Gasteiger partial charge in [-0.25, -0.2) is 0 Å². The van der Waals surface area contributed by atoms with E-state index in [4.69, 9.17) is 9.47 Å². The maximum Gasteiger partial charge on any atom is 0.387 e. The second-order valence-corrected chi connectivity index (χ2v) is 10.8. The van der Waals surface area contributed by atoms with Crippen molar-refractivity contribution in [3.05, 3.63) is 83.4 Å². The summed E-state index contributed by atoms with van der Waals surface area (Å²) in [5.41, 5.74) is 5.30. The largest absolute Gasteiger partial charge is 0.489 e. The van der Waals surface area contributed by atoms with E-state index in [1.54, 1.807) is 18.2 Å². The summed E-state index contributed by atoms with van der Waals surface area (Å²) in [5.74, 6) is 1.02. The number of hydrogen-bond donors (Lipinski definition) is 0. The number of halogens is 2. The van der Waals surface area contributed by atoms with Crippen LogP contribution in [0.15, 0.2) is 66.7 Å². The van der Waals surface area contributed by atoms with E-state index in [0.29, 0.717) is 18.9 Å². The summed E-state index contributed by atoms with van der Waals surface area (Å²) in [4.78, 5) is 11.7. The van der Waals surface area contributed by atoms with Crippen molar-refractivity contribution < 1.29 is 27.8 Å². The van der Waals surface area contributed by atoms with E-state index in [9.17, 15) is 13.6 Å². The van der Waals surface area contributed by atoms with E-state index in [1.807, 2.05) is 43.3 Å². The van der Waals surface area contributed by atoms with E-state index >= 15 is 0 Å². The van der Waals surface area contributed by atoms with Gasteiger partial charge in [-0.1, -0.05) is 69.7 Å². The standard InChI is InChI=1S/C32H36F2O4/c1-21(16-30(35)36-4)23-8-5-10-25(18-23)37-20-22-13-14-27(24-9-6-11-26(19-24)38-31(33)34)28(17-22)29-12-7-15-32(29,2)3/h5-6,8-11,13-14,17-19,21,29,31H,7,12,15-16,20H2,1-4H3/t21?,29-/m0/s1. The van der Waals surface area contributed by atoms with Crippen LogP contribution in [0.5, 0.6) is 11.5 Å². The number of carbonyl (C=O) groups excluding carboxylic acids is 1. The Morgan fingerprint density at radius 3 is 2.50 bits per heavy atom. The Balaban J connectivity index is 1.60. The predicted octanol–water partition coefficient (Wildman–Crippen LogP) is 8.49. The molecule has 1 saturated carbocycles. The number of carbonyl (C=O) groups is 1. The average Bonchev–Trinajstić information content (AvgIpc) is 3.25. The van der Waals surface area contributed by atoms with Gasteiger partial charge in [0.15, 0.2) is 0 Å². The maximum atomic E-state index is 12.8. The lowest BCUT2D eigenvalue weighted by atomic mass is 9.75. The van der Waals surface area contributed by atoms with Crippen LogP contribution in [0.3, 0.4) is 0 Å². The Kier molecular flexibility index (Phi) is 8.70. The van der Waals surface area contributed by atoms with Gasteiger partial charge in [0.2, 0.25) is 0 Å². The zero-order valence-corrected chi connectivity index (χ0v) is 22.5. The lowest BCUT2D eigenvalue weighted by Crippen LogP contribution is -2.16. The van der Waals surface area contributed by atoms with Crippen molar-refractivity contribution in [3.8, 4) is 22.6 Å². The third kappa shape index (κ3) is 6.72. The summed E-state index contributed by atoms with van der Waals surface area (Å²) < 4.78 is 41.3. The summed E-state index contributed by atoms with van der Waals surface area (Å²) in [6.07, 6.45) is 3.69. The highest BCUT2D eigenvalue weighted by Crippen LogP contribution is 2.51. The summed E-state index contributed by atoms with van der Waals surface area (Å²) in [6.45, 7) is 4.12. The van der Waals surface area contributed by atoms with Crippen LogP contribution in [0.25, 0.3) is 11.1 Å². The lowest BCUT2D eigenvalue weighted by Gasteiger charge is -2.30. The van der Waals surface area contributed by atoms with Crippen molar-refractivity contribution in [1.29, 1.82) is 0 Å². The molecule has 2 atom stereocenters. The predicted molar refractivity (Wildman–Crippen MR) is 145 cm³/mol. The molecule has 1 aliphatic carbocycles. The van der Waals surface area contributed by atoms with E-state index in [2.05, 4.69) is 30.7 Å². The van der Waals surface area contributed by atoms with Gasteiger partial charge < -0.3 is 14.2 Å². The van der Waals surface area contributed by atoms with Crippen LogP contribution in [0.2, 0.25) is 0 Å². The molecule has 0 aliphatic heterocycles. The van der Waals surface area contributed by atoms with Gasteiger partial charge in [-0.2, -0.15) is 8.78 Å². The van der Waals surface area contributed by atoms with Crippen molar-refractivity contribution in [2.24, 2.45) is 5.41 Å². The summed E-state index contributed by atoms with van der Waals surface area (Å²) in [7, 11) is 1.40. The van der Waals surface area contributed by atoms with Crippen LogP contribution in [-0.2, 0) is 16.1 Å². The van der Waals surface area contributed by atoms with Crippen molar-refractivity contribution in [2.45, 2.75) is 71.5 Å². The number of esters is 1. The topological polar surface area (TPSA) is 44.8 Å². The van der Waals surface area contributed by atoms with Crippen LogP contribution >= 0.6 is 0 Å². The first-order valence-electron chi connectivity index (χ1n) is 13.1. The first-order chi connectivity index (χ1) is 18.2. The van der Waals surface area contributed by atoms with Gasteiger partial charge in [0, 0.05) is 0 Å². The van der Waals surface area contributed by atoms with Gasteiger partial charge >= 0.3 is 12.6 Å². The van der Waals surface area contributed by atoms with Gasteiger partial charge in [0.05, 0.1) is 13.5 Å². The molecule has 0 aromatic heterocycles. The van der Waals surface area contributed by atoms with Crippen LogP contribution < -0.4 is 9.47 Å². The molecule has 3 aromatic carbocycles. The van der Waals surface area contributed by atoms with Gasteiger partial charge in [-0.3, -0.25) is 4.79 Å². The Morgan fingerprint density at radius 2 is 1.79 bits per heavy atom. The molecule has 4 nitrogen and oxygen atoms in total. The highest BCUT2D eigenvalue weighted by atomic mass is 19.3. The van der Waals surface area contributed by atoms with Gasteiger partial charge in [-0.05, 0) is 82.2 Å². The zero-order valence-electron chi connectivity index (χ0n) is 22.5. The first kappa shape index (κ1) is 27.6. The molecule has 1 fully saturated rings. The monoisotopic (exact) mass is 522 g/mol. The Labute approximate surface area is 223 Å². The van der Waals surface area contributed by atoms with E-state index < -0.39 is 6.61 Å². The molecule has 3 aromatic rings. The Bertz CT molecular complexity index is 1250. The molecule has 0 spiro atoms. The van der Waals surface area contributed by atoms with Crippen molar-refractivity contribution in [1.82, 2.24) is 0 Å². The average molecular weight is 523 g/mol. The molecule has 0 N–H and O–H groups in total. The number of hydrogen-bond acceptors (Lipinski definition) is 4. The van der Waals surface area contributed by atoms with Crippen LogP contribution in [-0.4, -0.2) is 19.7 Å². The minimum atomic E-state index is -2.86. The Morgan fingerprint density at radius 1 is 1.03 bits per heavy atom. The summed E-state index contributed by atoms with van der Waals surface area (Å²) in [6, 6.07) is 21.0. The molecule has 0 saturated heterocycles. The molecule has 1 aliphatic rings. The van der Waals surface area contributed by atoms with Crippen LogP contribution in [0.4, 0.5) is 8.78 Å². The quantitative estimate of drug-likeness (QED) is 0.250. The second-order valence-electron chi connectivity index (χ2n) is 10.8. The summed E-state index contributed by atoms with van der Waals surface area (Å²) in [5, 5.41) is 0. The van der Waals surface area contributed by atoms with Gasteiger partial charge in [0.25, 0.3) is 0 Å². The van der Waals surface area contributed by atoms with E-state index in [-0.39, 0.29) is 23.1 Å². The third-order valence-electron chi connectivity index (χ3n) is 7.65. The fourth-order valence-electron chi connectivity index (χ4n) is 5.52. The van der Waals surface area contributed by atoms with Gasteiger partial charge in [-0.15, -0.1) is 0 Å². The number of ether oxygens (including phenoxy) is 3. The molecule has 0 bridgehead atoms. The fraction of sp³-hybridized carbons (Fsp3) is 0.406. The van der Waals surface area contributed by atoms with Crippen molar-refractivity contribution >= 4 is 5.97 Å². The number of rotatable bonds is 10. The van der Waals surface area contributed by atoms with Crippen molar-refractivity contribution in [2.75, 3.05) is 7.11 Å². The first-order valence-corrected chi connectivity index (χ1v) is 13.1. The van der Waals surface area contributed by atoms with Crippen LogP contribution in [0.1, 0.15) is 75.0 Å². The fourth-order valence-corrected chi connectivity index (χ4v) is 5.52. The molecule has 0 radical (unpaired) electrons. The van der Waals surface area contributed by atoms with E-state index in [1.165, 1.54) is 12.7 Å². The minimum Gasteiger partial charge on any atom is -0.489 e. The third-order valence-corrected chi connectivity index (χ3v) is 7.65. The molecule has 202 valence electrons. The zero-order chi connectivity index (χ0) is 27.3. The molecule has 0 amide bonds. The minimum absolute atomic E-state index is 0.0197. The summed E-state index contributed by atoms with van der Waals surface area (Å²) >= 11 is 0. The second kappa shape index (κ2) is 12.0. The molecular weight excluding hydrogens is 486 g/mol. The highest BCUT2D eigenvalue weighted by Gasteiger charge is 2.36. The molecule has 1 unspecified atom stereocenters. The van der Waals surface area contributed by atoms with Crippen molar-refractivity contribution in [3.63, 3.8) is 0 Å². The smallest absolute Gasteiger partial charge is 0.387 e. The normalized spacial score (nSPS) is 17.3. The molecule has 4 rings (SSSR count). The lowest BCUT2D eigenvalue weighted by molar-refractivity contribution is -0.140. The maximum absolute atomic E-state index is 12.8. The molecule has 6 heteroatoms. The van der Waals surface area contributed by atoms with Gasteiger partial charge in [0.1, 0.15) is 18.1 Å². The van der Waals surface area contributed by atoms with E-state index in [0.717, 1.165) is 47.3 Å². The molecule has 38 heavy (non-hydrogen) atoms. The SMILES string of the molecule is COC(=O)CC(C)c1cccc(OCc2ccc(-c3cccc(OC(F)F)c3)c([C@@H]3CCCC3(C)C)c2)c1. The molecular formula is C32H36F2O4. The highest BCUT2D eigenvalue weighted by molar-refractivity contribution is 5.71. The van der Waals surface area contributed by atoms with Crippen LogP contribution in [0, 0.1) is 5.41 Å². The molecule has 0 heterocycles. The number of methoxy groups -OCH3 is 1.